The van der Waals surface area contributed by atoms with Gasteiger partial charge in [-0.15, -0.1) is 5.10 Å². The number of hydrogen-bond donors (Lipinski definition) is 2. The van der Waals surface area contributed by atoms with E-state index < -0.39 is 11.5 Å². The highest BCUT2D eigenvalue weighted by atomic mass is 16.4. The van der Waals surface area contributed by atoms with Crippen LogP contribution in [-0.4, -0.2) is 31.3 Å². The highest BCUT2D eigenvalue weighted by Gasteiger charge is 2.29. The summed E-state index contributed by atoms with van der Waals surface area (Å²) in [6.07, 6.45) is 1.45. The van der Waals surface area contributed by atoms with Crippen molar-refractivity contribution in [1.82, 2.24) is 20.2 Å². The Hall–Kier alpha value is -2.28. The summed E-state index contributed by atoms with van der Waals surface area (Å²) in [6, 6.07) is 6.70. The first-order valence-corrected chi connectivity index (χ1v) is 4.88. The van der Waals surface area contributed by atoms with Gasteiger partial charge in [0.05, 0.1) is 5.69 Å². The van der Waals surface area contributed by atoms with E-state index in [0.29, 0.717) is 5.56 Å². The number of aromatic nitrogens is 4. The van der Waals surface area contributed by atoms with Crippen molar-refractivity contribution in [3.63, 3.8) is 0 Å². The van der Waals surface area contributed by atoms with Crippen molar-refractivity contribution in [2.45, 2.75) is 12.5 Å². The minimum atomic E-state index is -1.40. The molecule has 1 atom stereocenters. The molecule has 1 heterocycles. The zero-order chi connectivity index (χ0) is 12.5. The lowest BCUT2D eigenvalue weighted by Crippen LogP contribution is -2.41. The van der Waals surface area contributed by atoms with E-state index in [1.165, 1.54) is 17.9 Å². The molecule has 0 bridgehead atoms. The highest BCUT2D eigenvalue weighted by Crippen LogP contribution is 2.19. The van der Waals surface area contributed by atoms with Crippen molar-refractivity contribution in [1.29, 1.82) is 0 Å². The Morgan fingerprint density at radius 2 is 2.06 bits per heavy atom. The molecular formula is C10H11N5O2. The number of nitrogens with zero attached hydrogens (tertiary/aromatic N) is 4. The molecule has 88 valence electrons. The van der Waals surface area contributed by atoms with Crippen LogP contribution in [0.4, 0.5) is 0 Å². The van der Waals surface area contributed by atoms with E-state index in [9.17, 15) is 4.79 Å². The Morgan fingerprint density at radius 3 is 2.53 bits per heavy atom. The van der Waals surface area contributed by atoms with Gasteiger partial charge in [0.2, 0.25) is 0 Å². The normalized spacial score (nSPS) is 14.2. The summed E-state index contributed by atoms with van der Waals surface area (Å²) >= 11 is 0. The molecule has 1 aromatic heterocycles. The number of carboxylic acid groups (broad SMARTS) is 1. The molecule has 0 fully saturated rings. The number of aliphatic carboxylic acids is 1. The largest absolute Gasteiger partial charge is 0.480 e. The first kappa shape index (κ1) is 11.2. The lowest BCUT2D eigenvalue weighted by atomic mass is 9.93. The van der Waals surface area contributed by atoms with Crippen molar-refractivity contribution in [3.8, 4) is 5.69 Å². The third-order valence-corrected chi connectivity index (χ3v) is 2.52. The summed E-state index contributed by atoms with van der Waals surface area (Å²) in [5, 5.41) is 19.7. The molecule has 3 N–H and O–H groups in total. The predicted molar refractivity (Wildman–Crippen MR) is 58.3 cm³/mol. The number of nitrogens with two attached hydrogens (primary N) is 1. The molecule has 7 nitrogen and oxygen atoms in total. The Labute approximate surface area is 96.9 Å². The molecule has 0 aliphatic carbocycles. The predicted octanol–water partition coefficient (Wildman–Crippen LogP) is -0.0792. The molecule has 7 heteroatoms. The number of carbonyl (C=O) groups is 1. The van der Waals surface area contributed by atoms with E-state index in [2.05, 4.69) is 15.5 Å². The van der Waals surface area contributed by atoms with Crippen molar-refractivity contribution < 1.29 is 9.90 Å². The molecule has 0 saturated heterocycles. The molecule has 0 spiro atoms. The number of hydrogen-bond acceptors (Lipinski definition) is 5. The maximum absolute atomic E-state index is 11.0. The van der Waals surface area contributed by atoms with Gasteiger partial charge in [0.25, 0.3) is 0 Å². The Bertz CT molecular complexity index is 518. The minimum Gasteiger partial charge on any atom is -0.480 e. The van der Waals surface area contributed by atoms with Gasteiger partial charge in [-0.25, -0.2) is 9.48 Å². The van der Waals surface area contributed by atoms with E-state index in [4.69, 9.17) is 10.8 Å². The smallest absolute Gasteiger partial charge is 0.328 e. The van der Waals surface area contributed by atoms with Gasteiger partial charge in [-0.3, -0.25) is 0 Å². The van der Waals surface area contributed by atoms with Gasteiger partial charge in [0, 0.05) is 0 Å². The third kappa shape index (κ3) is 2.00. The molecule has 0 amide bonds. The quantitative estimate of drug-likeness (QED) is 0.767. The molecule has 17 heavy (non-hydrogen) atoms. The maximum atomic E-state index is 11.0. The Balaban J connectivity index is 2.34. The van der Waals surface area contributed by atoms with Crippen LogP contribution in [0.1, 0.15) is 12.5 Å². The summed E-state index contributed by atoms with van der Waals surface area (Å²) in [5.74, 6) is -1.08. The van der Waals surface area contributed by atoms with Gasteiger partial charge in [-0.05, 0) is 35.0 Å². The molecule has 2 rings (SSSR count). The first-order valence-electron chi connectivity index (χ1n) is 4.88. The lowest BCUT2D eigenvalue weighted by molar-refractivity contribution is -0.143. The van der Waals surface area contributed by atoms with E-state index in [1.807, 2.05) is 0 Å². The van der Waals surface area contributed by atoms with Gasteiger partial charge >= 0.3 is 5.97 Å². The van der Waals surface area contributed by atoms with E-state index >= 15 is 0 Å². The fourth-order valence-electron chi connectivity index (χ4n) is 1.36. The van der Waals surface area contributed by atoms with Gasteiger partial charge < -0.3 is 10.8 Å². The third-order valence-electron chi connectivity index (χ3n) is 2.52. The SMILES string of the molecule is C[C@](N)(C(=O)O)c1ccc(-n2cnnn2)cc1. The van der Waals surface area contributed by atoms with Crippen molar-refractivity contribution in [2.24, 2.45) is 5.73 Å². The Morgan fingerprint density at radius 1 is 1.41 bits per heavy atom. The maximum Gasteiger partial charge on any atom is 0.328 e. The lowest BCUT2D eigenvalue weighted by Gasteiger charge is -2.19. The van der Waals surface area contributed by atoms with E-state index in [0.717, 1.165) is 5.69 Å². The first-order chi connectivity index (χ1) is 8.01. The molecule has 0 aliphatic rings. The molecule has 0 aliphatic heterocycles. The average Bonchev–Trinajstić information content (AvgIpc) is 2.82. The number of tetrazole rings is 1. The van der Waals surface area contributed by atoms with Crippen LogP contribution in [-0.2, 0) is 10.3 Å². The monoisotopic (exact) mass is 233 g/mol. The van der Waals surface area contributed by atoms with Crippen molar-refractivity contribution in [3.05, 3.63) is 36.2 Å². The fraction of sp³-hybridized carbons (Fsp3) is 0.200. The second kappa shape index (κ2) is 3.95. The fourth-order valence-corrected chi connectivity index (χ4v) is 1.36. The van der Waals surface area contributed by atoms with Crippen molar-refractivity contribution in [2.75, 3.05) is 0 Å². The summed E-state index contributed by atoms with van der Waals surface area (Å²) in [5.41, 5.74) is 5.55. The molecule has 1 aromatic carbocycles. The van der Waals surface area contributed by atoms with Gasteiger partial charge in [-0.1, -0.05) is 12.1 Å². The number of rotatable bonds is 3. The molecule has 0 radical (unpaired) electrons. The van der Waals surface area contributed by atoms with Crippen LogP contribution in [0.5, 0.6) is 0 Å². The minimum absolute atomic E-state index is 0.516. The molecule has 0 saturated carbocycles. The van der Waals surface area contributed by atoms with Crippen LogP contribution < -0.4 is 5.73 Å². The van der Waals surface area contributed by atoms with Crippen LogP contribution in [0, 0.1) is 0 Å². The number of carboxylic acids is 1. The Kier molecular flexibility index (Phi) is 2.60. The number of benzene rings is 1. The van der Waals surface area contributed by atoms with Gasteiger partial charge in [0.15, 0.2) is 0 Å². The topological polar surface area (TPSA) is 107 Å². The zero-order valence-electron chi connectivity index (χ0n) is 9.11. The summed E-state index contributed by atoms with van der Waals surface area (Å²) in [7, 11) is 0. The summed E-state index contributed by atoms with van der Waals surface area (Å²) in [4.78, 5) is 11.0. The summed E-state index contributed by atoms with van der Waals surface area (Å²) < 4.78 is 1.47. The van der Waals surface area contributed by atoms with E-state index in [-0.39, 0.29) is 0 Å². The molecule has 0 unspecified atom stereocenters. The van der Waals surface area contributed by atoms with Crippen molar-refractivity contribution >= 4 is 5.97 Å². The second-order valence-electron chi connectivity index (χ2n) is 3.81. The standard InChI is InChI=1S/C10H11N5O2/c1-10(11,9(16)17)7-2-4-8(5-3-7)15-6-12-13-14-15/h2-6H,11H2,1H3,(H,16,17)/t10-/m1/s1. The van der Waals surface area contributed by atoms with Gasteiger partial charge in [-0.2, -0.15) is 0 Å². The molecular weight excluding hydrogens is 222 g/mol. The van der Waals surface area contributed by atoms with Gasteiger partial charge in [0.1, 0.15) is 11.9 Å². The van der Waals surface area contributed by atoms with Crippen LogP contribution in [0.2, 0.25) is 0 Å². The highest BCUT2D eigenvalue weighted by molar-refractivity contribution is 5.79. The van der Waals surface area contributed by atoms with Crippen LogP contribution in [0.3, 0.4) is 0 Å². The summed E-state index contributed by atoms with van der Waals surface area (Å²) in [6.45, 7) is 1.45. The zero-order valence-corrected chi connectivity index (χ0v) is 9.11. The second-order valence-corrected chi connectivity index (χ2v) is 3.81. The van der Waals surface area contributed by atoms with Crippen LogP contribution in [0.15, 0.2) is 30.6 Å². The van der Waals surface area contributed by atoms with Crippen LogP contribution in [0.25, 0.3) is 5.69 Å². The van der Waals surface area contributed by atoms with E-state index in [1.54, 1.807) is 24.3 Å². The molecule has 2 aromatic rings. The average molecular weight is 233 g/mol. The van der Waals surface area contributed by atoms with Crippen LogP contribution >= 0.6 is 0 Å².